The summed E-state index contributed by atoms with van der Waals surface area (Å²) in [4.78, 5) is 38.1. The number of carbonyl (C=O) groups is 3. The van der Waals surface area contributed by atoms with Gasteiger partial charge in [0.2, 0.25) is 0 Å². The largest absolute Gasteiger partial charge is 0.462 e. The maximum Gasteiger partial charge on any atom is 0.306 e. The highest BCUT2D eigenvalue weighted by Gasteiger charge is 2.19. The molecule has 0 fully saturated rings. The van der Waals surface area contributed by atoms with Gasteiger partial charge >= 0.3 is 17.9 Å². The molecule has 0 radical (unpaired) electrons. The van der Waals surface area contributed by atoms with Crippen LogP contribution in [0.2, 0.25) is 0 Å². The van der Waals surface area contributed by atoms with Crippen LogP contribution in [0.25, 0.3) is 0 Å². The summed E-state index contributed by atoms with van der Waals surface area (Å²) in [6.45, 7) is 6.48. The zero-order valence-corrected chi connectivity index (χ0v) is 48.8. The van der Waals surface area contributed by atoms with Crippen LogP contribution in [-0.2, 0) is 28.6 Å². The van der Waals surface area contributed by atoms with Gasteiger partial charge in [0.05, 0.1) is 0 Å². The summed E-state index contributed by atoms with van der Waals surface area (Å²) in [5.41, 5.74) is 0. The average Bonchev–Trinajstić information content (AvgIpc) is 3.41. The quantitative estimate of drug-likeness (QED) is 0.0261. The molecule has 1 atom stereocenters. The highest BCUT2D eigenvalue weighted by molar-refractivity contribution is 5.71. The van der Waals surface area contributed by atoms with Crippen LogP contribution < -0.4 is 0 Å². The summed E-state index contributed by atoms with van der Waals surface area (Å²) >= 11 is 0. The molecule has 6 heteroatoms. The molecule has 0 aliphatic carbocycles. The van der Waals surface area contributed by atoms with Crippen LogP contribution >= 0.6 is 0 Å². The van der Waals surface area contributed by atoms with Gasteiger partial charge in [-0.15, -0.1) is 0 Å². The maximum absolute atomic E-state index is 12.8. The van der Waals surface area contributed by atoms with Gasteiger partial charge in [-0.1, -0.05) is 264 Å². The first-order valence-corrected chi connectivity index (χ1v) is 31.0. The van der Waals surface area contributed by atoms with Crippen LogP contribution in [0, 0.1) is 0 Å². The first-order chi connectivity index (χ1) is 37.0. The van der Waals surface area contributed by atoms with Gasteiger partial charge in [-0.25, -0.2) is 0 Å². The standard InChI is InChI=1S/C69H114O6/c1-4-7-10-13-16-19-22-24-26-27-28-29-30-31-32-33-34-35-36-37-38-39-40-41-43-44-47-50-53-56-59-62-68(71)74-65-66(64-73-67(70)61-58-55-52-49-46-21-18-15-12-9-6-3)75-69(72)63-60-57-54-51-48-45-42-25-23-20-17-14-11-8-5-2/h7,10,16,19,24-26,28-29,31-32,34-35,37-38,40-42,44,47,66H,4-6,8-9,11-15,17-18,20-23,27,30,33,36,39,43,45-46,48-65H2,1-3H3/b10-7-,19-16-,26-24-,29-28-,32-31-,35-34-,38-37-,41-40-,42-25-,47-44-. The molecule has 0 rings (SSSR count). The van der Waals surface area contributed by atoms with E-state index in [-0.39, 0.29) is 31.1 Å². The van der Waals surface area contributed by atoms with Gasteiger partial charge < -0.3 is 14.2 Å². The second-order valence-corrected chi connectivity index (χ2v) is 20.2. The zero-order chi connectivity index (χ0) is 54.3. The second kappa shape index (κ2) is 62.4. The normalized spacial score (nSPS) is 12.9. The number of hydrogen-bond acceptors (Lipinski definition) is 6. The molecular weight excluding hydrogens is 925 g/mol. The molecule has 0 bridgehead atoms. The van der Waals surface area contributed by atoms with E-state index in [2.05, 4.69) is 142 Å². The topological polar surface area (TPSA) is 78.9 Å². The van der Waals surface area contributed by atoms with Crippen LogP contribution in [0.5, 0.6) is 0 Å². The Balaban J connectivity index is 4.34. The van der Waals surface area contributed by atoms with Crippen molar-refractivity contribution in [2.24, 2.45) is 0 Å². The molecule has 75 heavy (non-hydrogen) atoms. The van der Waals surface area contributed by atoms with Crippen molar-refractivity contribution in [3.63, 3.8) is 0 Å². The first kappa shape index (κ1) is 70.8. The molecule has 0 aromatic rings. The highest BCUT2D eigenvalue weighted by Crippen LogP contribution is 2.15. The molecule has 0 spiro atoms. The molecule has 0 aromatic heterocycles. The molecule has 1 unspecified atom stereocenters. The number of allylic oxidation sites excluding steroid dienone is 20. The second-order valence-electron chi connectivity index (χ2n) is 20.2. The molecule has 426 valence electrons. The summed E-state index contributed by atoms with van der Waals surface area (Å²) in [6, 6.07) is 0. The van der Waals surface area contributed by atoms with Crippen LogP contribution in [0.1, 0.15) is 278 Å². The minimum Gasteiger partial charge on any atom is -0.462 e. The van der Waals surface area contributed by atoms with E-state index in [1.165, 1.54) is 103 Å². The van der Waals surface area contributed by atoms with Gasteiger partial charge in [-0.2, -0.15) is 0 Å². The SMILES string of the molecule is CC/C=C\C/C=C\C/C=C\C/C=C\C/C=C\C/C=C\C/C=C\C/C=C\C/C=C\CCCCCC(=O)OCC(COC(=O)CCCCCCCCCCCCC)OC(=O)CCCCCCC/C=C\CCCCCCCC. The Morgan fingerprint density at radius 3 is 0.840 bits per heavy atom. The number of unbranched alkanes of at least 4 members (excludes halogenated alkanes) is 24. The van der Waals surface area contributed by atoms with Crippen molar-refractivity contribution >= 4 is 17.9 Å². The third-order valence-electron chi connectivity index (χ3n) is 13.0. The van der Waals surface area contributed by atoms with E-state index in [1.807, 2.05) is 0 Å². The molecule has 6 nitrogen and oxygen atoms in total. The molecule has 0 aliphatic heterocycles. The lowest BCUT2D eigenvalue weighted by molar-refractivity contribution is -0.167. The van der Waals surface area contributed by atoms with Crippen molar-refractivity contribution < 1.29 is 28.6 Å². The van der Waals surface area contributed by atoms with Crippen LogP contribution in [-0.4, -0.2) is 37.2 Å². The van der Waals surface area contributed by atoms with Crippen molar-refractivity contribution in [2.75, 3.05) is 13.2 Å². The number of carbonyl (C=O) groups excluding carboxylic acids is 3. The fraction of sp³-hybridized carbons (Fsp3) is 0.667. The van der Waals surface area contributed by atoms with Crippen LogP contribution in [0.15, 0.2) is 122 Å². The van der Waals surface area contributed by atoms with Crippen molar-refractivity contribution in [1.82, 2.24) is 0 Å². The molecule has 0 aromatic carbocycles. The van der Waals surface area contributed by atoms with Crippen molar-refractivity contribution in [3.8, 4) is 0 Å². The van der Waals surface area contributed by atoms with Crippen molar-refractivity contribution in [2.45, 2.75) is 284 Å². The molecule has 0 saturated carbocycles. The lowest BCUT2D eigenvalue weighted by Gasteiger charge is -2.18. The monoisotopic (exact) mass is 1040 g/mol. The third-order valence-corrected chi connectivity index (χ3v) is 13.0. The van der Waals surface area contributed by atoms with E-state index in [0.29, 0.717) is 19.3 Å². The minimum atomic E-state index is -0.797. The van der Waals surface area contributed by atoms with E-state index >= 15 is 0 Å². The Morgan fingerprint density at radius 2 is 0.520 bits per heavy atom. The van der Waals surface area contributed by atoms with Gasteiger partial charge in [0.1, 0.15) is 13.2 Å². The fourth-order valence-corrected chi connectivity index (χ4v) is 8.31. The molecule has 0 aliphatic rings. The Kier molecular flexibility index (Phi) is 58.9. The van der Waals surface area contributed by atoms with E-state index in [0.717, 1.165) is 135 Å². The molecule has 0 heterocycles. The summed E-state index contributed by atoms with van der Waals surface area (Å²) in [7, 11) is 0. The lowest BCUT2D eigenvalue weighted by atomic mass is 10.1. The Bertz CT molecular complexity index is 1570. The zero-order valence-electron chi connectivity index (χ0n) is 48.8. The lowest BCUT2D eigenvalue weighted by Crippen LogP contribution is -2.30. The summed E-state index contributed by atoms with van der Waals surface area (Å²) in [5, 5.41) is 0. The van der Waals surface area contributed by atoms with E-state index in [4.69, 9.17) is 14.2 Å². The molecule has 0 amide bonds. The van der Waals surface area contributed by atoms with E-state index in [1.54, 1.807) is 0 Å². The average molecular weight is 1040 g/mol. The van der Waals surface area contributed by atoms with Crippen LogP contribution in [0.3, 0.4) is 0 Å². The minimum absolute atomic E-state index is 0.0917. The highest BCUT2D eigenvalue weighted by atomic mass is 16.6. The van der Waals surface area contributed by atoms with Gasteiger partial charge in [0.25, 0.3) is 0 Å². The molecule has 0 N–H and O–H groups in total. The Labute approximate surface area is 462 Å². The summed E-state index contributed by atoms with van der Waals surface area (Å²) in [6.07, 6.45) is 86.3. The summed E-state index contributed by atoms with van der Waals surface area (Å²) in [5.74, 6) is -0.933. The number of ether oxygens (including phenoxy) is 3. The number of esters is 3. The van der Waals surface area contributed by atoms with Gasteiger partial charge in [-0.3, -0.25) is 14.4 Å². The first-order valence-electron chi connectivity index (χ1n) is 31.0. The Morgan fingerprint density at radius 1 is 0.280 bits per heavy atom. The van der Waals surface area contributed by atoms with E-state index < -0.39 is 6.10 Å². The smallest absolute Gasteiger partial charge is 0.306 e. The maximum atomic E-state index is 12.8. The third kappa shape index (κ3) is 60.6. The van der Waals surface area contributed by atoms with Gasteiger partial charge in [-0.05, 0) is 116 Å². The number of rotatable bonds is 55. The van der Waals surface area contributed by atoms with Crippen LogP contribution in [0.4, 0.5) is 0 Å². The fourth-order valence-electron chi connectivity index (χ4n) is 8.31. The summed E-state index contributed by atoms with van der Waals surface area (Å²) < 4.78 is 16.8. The van der Waals surface area contributed by atoms with Crippen molar-refractivity contribution in [3.05, 3.63) is 122 Å². The predicted molar refractivity (Wildman–Crippen MR) is 325 cm³/mol. The molecule has 0 saturated heterocycles. The Hall–Kier alpha value is -4.19. The van der Waals surface area contributed by atoms with E-state index in [9.17, 15) is 14.4 Å². The van der Waals surface area contributed by atoms with Gasteiger partial charge in [0, 0.05) is 19.3 Å². The molecular formula is C69H114O6. The van der Waals surface area contributed by atoms with Crippen molar-refractivity contribution in [1.29, 1.82) is 0 Å². The predicted octanol–water partition coefficient (Wildman–Crippen LogP) is 21.2. The number of hydrogen-bond donors (Lipinski definition) is 0. The van der Waals surface area contributed by atoms with Gasteiger partial charge in [0.15, 0.2) is 6.10 Å².